The first-order valence-corrected chi connectivity index (χ1v) is 5.99. The lowest BCUT2D eigenvalue weighted by atomic mass is 10.1. The maximum atomic E-state index is 11.6. The van der Waals surface area contributed by atoms with Crippen molar-refractivity contribution < 1.29 is 9.53 Å². The molecular formula is C10H23N7O2. The molecule has 0 aliphatic carbocycles. The van der Waals surface area contributed by atoms with Crippen LogP contribution in [0.3, 0.4) is 0 Å². The Morgan fingerprint density at radius 1 is 1.32 bits per heavy atom. The van der Waals surface area contributed by atoms with E-state index in [2.05, 4.69) is 10.6 Å². The molecule has 2 atom stereocenters. The summed E-state index contributed by atoms with van der Waals surface area (Å²) in [6.45, 7) is 2.50. The third-order valence-corrected chi connectivity index (χ3v) is 2.27. The fourth-order valence-electron chi connectivity index (χ4n) is 1.37. The number of rotatable bonds is 8. The summed E-state index contributed by atoms with van der Waals surface area (Å²) in [4.78, 5) is 11.6. The zero-order chi connectivity index (χ0) is 14.8. The van der Waals surface area contributed by atoms with E-state index in [-0.39, 0.29) is 11.9 Å². The quantitative estimate of drug-likeness (QED) is 0.152. The molecular weight excluding hydrogens is 250 g/mol. The number of nitrogens with one attached hydrogen (secondary N) is 4. The van der Waals surface area contributed by atoms with Gasteiger partial charge in [0, 0.05) is 6.54 Å². The average Bonchev–Trinajstić information content (AvgIpc) is 2.32. The molecule has 0 spiro atoms. The molecule has 0 aromatic heterocycles. The Morgan fingerprint density at radius 3 is 2.42 bits per heavy atom. The van der Waals surface area contributed by atoms with Gasteiger partial charge < -0.3 is 32.6 Å². The van der Waals surface area contributed by atoms with E-state index in [1.54, 1.807) is 0 Å². The minimum atomic E-state index is -0.941. The van der Waals surface area contributed by atoms with Crippen LogP contribution in [0.25, 0.3) is 0 Å². The summed E-state index contributed by atoms with van der Waals surface area (Å²) in [6, 6.07) is -1.50. The van der Waals surface area contributed by atoms with Gasteiger partial charge in [-0.25, -0.2) is 0 Å². The van der Waals surface area contributed by atoms with E-state index in [1.807, 2.05) is 6.92 Å². The Labute approximate surface area is 112 Å². The first-order valence-electron chi connectivity index (χ1n) is 5.99. The molecule has 0 saturated carbocycles. The highest BCUT2D eigenvalue weighted by Crippen LogP contribution is 2.00. The first-order chi connectivity index (χ1) is 8.88. The third-order valence-electron chi connectivity index (χ3n) is 2.27. The molecule has 0 saturated heterocycles. The summed E-state index contributed by atoms with van der Waals surface area (Å²) in [6.07, 6.45) is 1.07. The molecule has 0 aliphatic rings. The third kappa shape index (κ3) is 7.82. The highest BCUT2D eigenvalue weighted by Gasteiger charge is 2.26. The van der Waals surface area contributed by atoms with Crippen LogP contribution in [-0.4, -0.2) is 43.1 Å². The van der Waals surface area contributed by atoms with Crippen molar-refractivity contribution in [2.75, 3.05) is 13.2 Å². The second-order valence-electron chi connectivity index (χ2n) is 3.99. The lowest BCUT2D eigenvalue weighted by Crippen LogP contribution is -2.55. The lowest BCUT2D eigenvalue weighted by Gasteiger charge is -2.24. The smallest absolute Gasteiger partial charge is 0.325 e. The molecule has 0 aliphatic heterocycles. The van der Waals surface area contributed by atoms with E-state index < -0.39 is 18.1 Å². The van der Waals surface area contributed by atoms with Gasteiger partial charge in [-0.2, -0.15) is 0 Å². The summed E-state index contributed by atoms with van der Waals surface area (Å²) in [5.74, 6) is -1.02. The van der Waals surface area contributed by atoms with Crippen molar-refractivity contribution in [1.29, 1.82) is 10.8 Å². The fourth-order valence-corrected chi connectivity index (χ4v) is 1.37. The first kappa shape index (κ1) is 17.0. The lowest BCUT2D eigenvalue weighted by molar-refractivity contribution is -0.145. The van der Waals surface area contributed by atoms with Gasteiger partial charge in [0.05, 0.1) is 12.6 Å². The number of hydrogen-bond acceptors (Lipinski definition) is 5. The van der Waals surface area contributed by atoms with Gasteiger partial charge in [0.1, 0.15) is 6.04 Å². The van der Waals surface area contributed by atoms with E-state index in [4.69, 9.17) is 32.8 Å². The summed E-state index contributed by atoms with van der Waals surface area (Å²) < 4.78 is 4.94. The van der Waals surface area contributed by atoms with Gasteiger partial charge in [-0.3, -0.25) is 15.6 Å². The molecule has 9 nitrogen and oxygen atoms in total. The van der Waals surface area contributed by atoms with Crippen LogP contribution in [0, 0.1) is 10.8 Å². The number of hydrogen-bond donors (Lipinski definition) is 7. The van der Waals surface area contributed by atoms with Gasteiger partial charge >= 0.3 is 5.97 Å². The van der Waals surface area contributed by atoms with Crippen molar-refractivity contribution in [3.8, 4) is 0 Å². The molecule has 1 unspecified atom stereocenters. The van der Waals surface area contributed by atoms with Crippen molar-refractivity contribution in [3.63, 3.8) is 0 Å². The molecule has 9 heteroatoms. The van der Waals surface area contributed by atoms with Crippen LogP contribution in [-0.2, 0) is 9.53 Å². The summed E-state index contributed by atoms with van der Waals surface area (Å²) in [5.41, 5.74) is 16.1. The normalized spacial score (nSPS) is 13.2. The average molecular weight is 273 g/mol. The van der Waals surface area contributed by atoms with Crippen LogP contribution in [0.15, 0.2) is 0 Å². The highest BCUT2D eigenvalue weighted by atomic mass is 16.5. The monoisotopic (exact) mass is 273 g/mol. The Hall–Kier alpha value is -2.03. The molecule has 0 amide bonds. The maximum absolute atomic E-state index is 11.6. The molecule has 0 aromatic rings. The Balaban J connectivity index is 4.41. The maximum Gasteiger partial charge on any atom is 0.325 e. The van der Waals surface area contributed by atoms with E-state index in [1.165, 1.54) is 0 Å². The fraction of sp³-hybridized carbons (Fsp3) is 0.700. The van der Waals surface area contributed by atoms with Gasteiger partial charge in [-0.15, -0.1) is 0 Å². The highest BCUT2D eigenvalue weighted by molar-refractivity contribution is 5.79. The van der Waals surface area contributed by atoms with Crippen LogP contribution in [0.4, 0.5) is 0 Å². The van der Waals surface area contributed by atoms with Crippen molar-refractivity contribution in [1.82, 2.24) is 10.6 Å². The predicted octanol–water partition coefficient (Wildman–Crippen LogP) is -2.01. The Kier molecular flexibility index (Phi) is 8.02. The van der Waals surface area contributed by atoms with Crippen molar-refractivity contribution in [2.24, 2.45) is 17.2 Å². The zero-order valence-corrected chi connectivity index (χ0v) is 11.0. The van der Waals surface area contributed by atoms with Crippen molar-refractivity contribution in [3.05, 3.63) is 0 Å². The van der Waals surface area contributed by atoms with Crippen LogP contribution in [0.2, 0.25) is 0 Å². The Morgan fingerprint density at radius 2 is 1.95 bits per heavy atom. The van der Waals surface area contributed by atoms with E-state index in [0.29, 0.717) is 26.0 Å². The standard InChI is InChI=1S/C10H23N7O2/c1-2-5-19-8(18)7(11)6(17-10(14)15)3-4-16-9(12)13/h6-7H,2-5,11H2,1H3,(H4,12,13,16)(H4,14,15,17)/t6?,7-/m0/s1. The van der Waals surface area contributed by atoms with Gasteiger partial charge in [-0.1, -0.05) is 6.92 Å². The van der Waals surface area contributed by atoms with Gasteiger partial charge in [0.25, 0.3) is 0 Å². The number of guanidine groups is 2. The summed E-state index contributed by atoms with van der Waals surface area (Å²) in [5, 5.41) is 19.4. The van der Waals surface area contributed by atoms with Crippen molar-refractivity contribution in [2.45, 2.75) is 31.8 Å². The van der Waals surface area contributed by atoms with Crippen LogP contribution in [0.1, 0.15) is 19.8 Å². The number of esters is 1. The van der Waals surface area contributed by atoms with E-state index in [9.17, 15) is 4.79 Å². The minimum Gasteiger partial charge on any atom is -0.464 e. The molecule has 10 N–H and O–H groups in total. The SMILES string of the molecule is CCCOC(=O)[C@@H](N)C(CCNC(=N)N)NC(=N)N. The largest absolute Gasteiger partial charge is 0.464 e. The minimum absolute atomic E-state index is 0.177. The van der Waals surface area contributed by atoms with Crippen LogP contribution in [0.5, 0.6) is 0 Å². The van der Waals surface area contributed by atoms with Gasteiger partial charge in [0.2, 0.25) is 0 Å². The zero-order valence-electron chi connectivity index (χ0n) is 11.0. The molecule has 0 heterocycles. The van der Waals surface area contributed by atoms with Crippen LogP contribution >= 0.6 is 0 Å². The second-order valence-corrected chi connectivity index (χ2v) is 3.99. The molecule has 0 radical (unpaired) electrons. The number of carbonyl (C=O) groups excluding carboxylic acids is 1. The number of carbonyl (C=O) groups is 1. The molecule has 110 valence electrons. The van der Waals surface area contributed by atoms with Gasteiger partial charge in [-0.05, 0) is 12.8 Å². The molecule has 0 aromatic carbocycles. The Bertz CT molecular complexity index is 321. The van der Waals surface area contributed by atoms with E-state index in [0.717, 1.165) is 0 Å². The van der Waals surface area contributed by atoms with E-state index >= 15 is 0 Å². The number of ether oxygens (including phenoxy) is 1. The topological polar surface area (TPSA) is 176 Å². The summed E-state index contributed by atoms with van der Waals surface area (Å²) >= 11 is 0. The second kappa shape index (κ2) is 8.97. The number of nitrogens with two attached hydrogens (primary N) is 3. The molecule has 19 heavy (non-hydrogen) atoms. The molecule has 0 rings (SSSR count). The molecule has 0 fully saturated rings. The van der Waals surface area contributed by atoms with Gasteiger partial charge in [0.15, 0.2) is 11.9 Å². The molecule has 0 bridgehead atoms. The van der Waals surface area contributed by atoms with Crippen LogP contribution < -0.4 is 27.8 Å². The van der Waals surface area contributed by atoms with Crippen molar-refractivity contribution >= 4 is 17.9 Å². The summed E-state index contributed by atoms with van der Waals surface area (Å²) in [7, 11) is 0. The predicted molar refractivity (Wildman–Crippen MR) is 72.6 cm³/mol.